The van der Waals surface area contributed by atoms with Crippen LogP contribution in [0.2, 0.25) is 5.02 Å². The van der Waals surface area contributed by atoms with Crippen molar-refractivity contribution < 1.29 is 4.74 Å². The average molecular weight is 294 g/mol. The van der Waals surface area contributed by atoms with E-state index < -0.39 is 0 Å². The molecule has 0 saturated carbocycles. The lowest BCUT2D eigenvalue weighted by molar-refractivity contribution is 0.00351. The molecule has 0 spiro atoms. The first kappa shape index (κ1) is 13.3. The highest BCUT2D eigenvalue weighted by Crippen LogP contribution is 2.33. The van der Waals surface area contributed by atoms with Gasteiger partial charge in [-0.05, 0) is 42.3 Å². The van der Waals surface area contributed by atoms with Gasteiger partial charge in [-0.2, -0.15) is 0 Å². The normalized spacial score (nSPS) is 22.9. The summed E-state index contributed by atoms with van der Waals surface area (Å²) in [5.41, 5.74) is 7.30. The van der Waals surface area contributed by atoms with Crippen LogP contribution >= 0.6 is 11.6 Å². The van der Waals surface area contributed by atoms with Gasteiger partial charge in [-0.25, -0.2) is 4.68 Å². The van der Waals surface area contributed by atoms with Crippen molar-refractivity contribution >= 4 is 17.3 Å². The Bertz CT molecular complexity index is 615. The number of tetrazole rings is 1. The summed E-state index contributed by atoms with van der Waals surface area (Å²) in [5.74, 6) is 0.657. The van der Waals surface area contributed by atoms with Gasteiger partial charge in [0.15, 0.2) is 5.82 Å². The lowest BCUT2D eigenvalue weighted by Gasteiger charge is -2.27. The van der Waals surface area contributed by atoms with Gasteiger partial charge in [0.25, 0.3) is 0 Å². The van der Waals surface area contributed by atoms with Crippen LogP contribution in [0.1, 0.15) is 25.8 Å². The fourth-order valence-corrected chi connectivity index (χ4v) is 2.72. The van der Waals surface area contributed by atoms with E-state index in [1.807, 2.05) is 16.8 Å². The molecular weight excluding hydrogens is 278 g/mol. The van der Waals surface area contributed by atoms with E-state index in [0.717, 1.165) is 25.0 Å². The van der Waals surface area contributed by atoms with Crippen molar-refractivity contribution in [2.24, 2.45) is 0 Å². The van der Waals surface area contributed by atoms with Crippen LogP contribution in [0.4, 0.5) is 5.69 Å². The molecule has 1 fully saturated rings. The number of aromatic nitrogens is 4. The molecule has 20 heavy (non-hydrogen) atoms. The molecule has 2 N–H and O–H groups in total. The van der Waals surface area contributed by atoms with Gasteiger partial charge in [0.1, 0.15) is 0 Å². The molecule has 1 saturated heterocycles. The van der Waals surface area contributed by atoms with Crippen LogP contribution in [0.3, 0.4) is 0 Å². The summed E-state index contributed by atoms with van der Waals surface area (Å²) in [7, 11) is 0. The minimum Gasteiger partial charge on any atom is -0.397 e. The van der Waals surface area contributed by atoms with Crippen LogP contribution in [0.25, 0.3) is 11.4 Å². The summed E-state index contributed by atoms with van der Waals surface area (Å²) in [4.78, 5) is 0. The first-order valence-corrected chi connectivity index (χ1v) is 6.98. The fourth-order valence-electron chi connectivity index (χ4n) is 2.55. The SMILES string of the molecule is CC1CC(n2nnnc2-c2cccc(Cl)c2N)CCO1. The topological polar surface area (TPSA) is 78.9 Å². The molecule has 0 aliphatic carbocycles. The second-order valence-electron chi connectivity index (χ2n) is 5.01. The Morgan fingerprint density at radius 2 is 2.30 bits per heavy atom. The number of halogens is 1. The number of rotatable bonds is 2. The Balaban J connectivity index is 1.99. The number of nitrogens with two attached hydrogens (primary N) is 1. The predicted molar refractivity (Wildman–Crippen MR) is 76.4 cm³/mol. The van der Waals surface area contributed by atoms with E-state index in [4.69, 9.17) is 22.1 Å². The van der Waals surface area contributed by atoms with Gasteiger partial charge in [0.05, 0.1) is 22.9 Å². The molecular formula is C13H16ClN5O. The van der Waals surface area contributed by atoms with E-state index in [1.165, 1.54) is 0 Å². The molecule has 2 aromatic rings. The van der Waals surface area contributed by atoms with E-state index in [1.54, 1.807) is 6.07 Å². The zero-order chi connectivity index (χ0) is 14.1. The molecule has 7 heteroatoms. The van der Waals surface area contributed by atoms with Crippen LogP contribution in [-0.2, 0) is 4.74 Å². The Kier molecular flexibility index (Phi) is 3.58. The maximum atomic E-state index is 6.07. The number of anilines is 1. The summed E-state index contributed by atoms with van der Waals surface area (Å²) in [5, 5.41) is 12.5. The predicted octanol–water partition coefficient (Wildman–Crippen LogP) is 2.32. The van der Waals surface area contributed by atoms with Gasteiger partial charge in [0.2, 0.25) is 0 Å². The molecule has 1 aliphatic rings. The fraction of sp³-hybridized carbons (Fsp3) is 0.462. The number of hydrogen-bond donors (Lipinski definition) is 1. The van der Waals surface area contributed by atoms with Crippen molar-refractivity contribution in [2.45, 2.75) is 31.9 Å². The number of hydrogen-bond acceptors (Lipinski definition) is 5. The third-order valence-electron chi connectivity index (χ3n) is 3.59. The highest BCUT2D eigenvalue weighted by molar-refractivity contribution is 6.33. The summed E-state index contributed by atoms with van der Waals surface area (Å²) in [6.07, 6.45) is 1.99. The van der Waals surface area contributed by atoms with Crippen LogP contribution in [-0.4, -0.2) is 32.9 Å². The van der Waals surface area contributed by atoms with Gasteiger partial charge in [-0.15, -0.1) is 5.10 Å². The number of nitrogens with zero attached hydrogens (tertiary/aromatic N) is 4. The van der Waals surface area contributed by atoms with E-state index in [9.17, 15) is 0 Å². The molecule has 0 bridgehead atoms. The van der Waals surface area contributed by atoms with E-state index in [-0.39, 0.29) is 12.1 Å². The first-order chi connectivity index (χ1) is 9.66. The van der Waals surface area contributed by atoms with E-state index >= 15 is 0 Å². The highest BCUT2D eigenvalue weighted by Gasteiger charge is 2.25. The molecule has 3 rings (SSSR count). The van der Waals surface area contributed by atoms with Gasteiger partial charge in [-0.1, -0.05) is 17.7 Å². The minimum atomic E-state index is 0.211. The zero-order valence-corrected chi connectivity index (χ0v) is 11.9. The maximum Gasteiger partial charge on any atom is 0.184 e. The van der Waals surface area contributed by atoms with Gasteiger partial charge < -0.3 is 10.5 Å². The first-order valence-electron chi connectivity index (χ1n) is 6.60. The number of ether oxygens (including phenoxy) is 1. The lowest BCUT2D eigenvalue weighted by atomic mass is 10.0. The number of nitrogen functional groups attached to an aromatic ring is 1. The van der Waals surface area contributed by atoms with Crippen molar-refractivity contribution in [3.05, 3.63) is 23.2 Å². The summed E-state index contributed by atoms with van der Waals surface area (Å²) in [6, 6.07) is 5.71. The van der Waals surface area contributed by atoms with Gasteiger partial charge in [0, 0.05) is 12.2 Å². The largest absolute Gasteiger partial charge is 0.397 e. The van der Waals surface area contributed by atoms with Gasteiger partial charge >= 0.3 is 0 Å². The zero-order valence-electron chi connectivity index (χ0n) is 11.2. The van der Waals surface area contributed by atoms with Crippen molar-refractivity contribution in [3.8, 4) is 11.4 Å². The van der Waals surface area contributed by atoms with Crippen LogP contribution in [0.15, 0.2) is 18.2 Å². The van der Waals surface area contributed by atoms with Crippen molar-refractivity contribution in [1.29, 1.82) is 0 Å². The van der Waals surface area contributed by atoms with E-state index in [0.29, 0.717) is 16.5 Å². The Labute approximate surface area is 121 Å². The smallest absolute Gasteiger partial charge is 0.184 e. The second kappa shape index (κ2) is 5.38. The molecule has 1 aromatic heterocycles. The lowest BCUT2D eigenvalue weighted by Crippen LogP contribution is -2.26. The van der Waals surface area contributed by atoms with Crippen molar-refractivity contribution in [1.82, 2.24) is 20.2 Å². The average Bonchev–Trinajstić information content (AvgIpc) is 2.91. The monoisotopic (exact) mass is 293 g/mol. The molecule has 0 amide bonds. The molecule has 2 unspecified atom stereocenters. The standard InChI is InChI=1S/C13H16ClN5O/c1-8-7-9(5-6-20-8)19-13(16-17-18-19)10-3-2-4-11(14)12(10)15/h2-4,8-9H,5-7,15H2,1H3. The molecule has 2 heterocycles. The number of benzene rings is 1. The van der Waals surface area contributed by atoms with Crippen LogP contribution in [0.5, 0.6) is 0 Å². The Morgan fingerprint density at radius 3 is 3.10 bits per heavy atom. The highest BCUT2D eigenvalue weighted by atomic mass is 35.5. The minimum absolute atomic E-state index is 0.211. The molecule has 2 atom stereocenters. The molecule has 106 valence electrons. The second-order valence-corrected chi connectivity index (χ2v) is 5.41. The summed E-state index contributed by atoms with van der Waals surface area (Å²) >= 11 is 6.07. The Hall–Kier alpha value is -1.66. The van der Waals surface area contributed by atoms with Crippen LogP contribution < -0.4 is 5.73 Å². The molecule has 1 aromatic carbocycles. The molecule has 0 radical (unpaired) electrons. The quantitative estimate of drug-likeness (QED) is 0.860. The van der Waals surface area contributed by atoms with Gasteiger partial charge in [-0.3, -0.25) is 0 Å². The summed E-state index contributed by atoms with van der Waals surface area (Å²) < 4.78 is 7.40. The number of para-hydroxylation sites is 1. The molecule has 6 nitrogen and oxygen atoms in total. The summed E-state index contributed by atoms with van der Waals surface area (Å²) in [6.45, 7) is 2.78. The molecule has 1 aliphatic heterocycles. The third kappa shape index (κ3) is 2.36. The third-order valence-corrected chi connectivity index (χ3v) is 3.92. The van der Waals surface area contributed by atoms with Crippen molar-refractivity contribution in [2.75, 3.05) is 12.3 Å². The van der Waals surface area contributed by atoms with E-state index in [2.05, 4.69) is 22.4 Å². The Morgan fingerprint density at radius 1 is 1.45 bits per heavy atom. The maximum absolute atomic E-state index is 6.07. The van der Waals surface area contributed by atoms with Crippen molar-refractivity contribution in [3.63, 3.8) is 0 Å². The van der Waals surface area contributed by atoms with Crippen LogP contribution in [0, 0.1) is 0 Å².